The minimum absolute atomic E-state index is 0.0444. The number of aromatic nitrogens is 2. The number of fused-ring (bicyclic) bond motifs is 1. The van der Waals surface area contributed by atoms with Crippen LogP contribution >= 0.6 is 0 Å². The fraction of sp³-hybridized carbons (Fsp3) is 0.263. The van der Waals surface area contributed by atoms with Crippen LogP contribution in [0.3, 0.4) is 0 Å². The molecule has 0 amide bonds. The van der Waals surface area contributed by atoms with Gasteiger partial charge in [0, 0.05) is 29.8 Å². The van der Waals surface area contributed by atoms with Gasteiger partial charge in [-0.05, 0) is 12.1 Å². The summed E-state index contributed by atoms with van der Waals surface area (Å²) in [4.78, 5) is 19.4. The van der Waals surface area contributed by atoms with Gasteiger partial charge in [-0.2, -0.15) is 0 Å². The Morgan fingerprint density at radius 3 is 2.89 bits per heavy atom. The van der Waals surface area contributed by atoms with Gasteiger partial charge in [0.05, 0.1) is 23.6 Å². The van der Waals surface area contributed by atoms with E-state index in [-0.39, 0.29) is 18.9 Å². The second-order valence-electron chi connectivity index (χ2n) is 5.96. The smallest absolute Gasteiger partial charge is 0.294 e. The highest BCUT2D eigenvalue weighted by Crippen LogP contribution is 2.33. The van der Waals surface area contributed by atoms with Gasteiger partial charge in [-0.15, -0.1) is 0 Å². The molecule has 3 rings (SSSR count). The third-order valence-corrected chi connectivity index (χ3v) is 4.09. The van der Waals surface area contributed by atoms with Gasteiger partial charge in [0.2, 0.25) is 0 Å². The fourth-order valence-electron chi connectivity index (χ4n) is 2.89. The average molecular weight is 383 g/mol. The maximum atomic E-state index is 11.7. The molecule has 0 radical (unpaired) electrons. The van der Waals surface area contributed by atoms with Crippen LogP contribution in [0.2, 0.25) is 0 Å². The number of nitrogens with zero attached hydrogens (tertiary/aromatic N) is 4. The van der Waals surface area contributed by atoms with Crippen LogP contribution in [0, 0.1) is 10.1 Å². The minimum atomic E-state index is -0.416. The van der Waals surface area contributed by atoms with Crippen molar-refractivity contribution in [2.24, 2.45) is 0 Å². The molecule has 9 nitrogen and oxygen atoms in total. The number of hydrogen-bond acceptors (Lipinski definition) is 8. The first-order valence-corrected chi connectivity index (χ1v) is 8.84. The molecular weight excluding hydrogens is 362 g/mol. The number of nitro benzene ring substituents is 1. The van der Waals surface area contributed by atoms with Crippen LogP contribution in [0.25, 0.3) is 10.9 Å². The van der Waals surface area contributed by atoms with E-state index in [2.05, 4.69) is 15.4 Å². The van der Waals surface area contributed by atoms with Gasteiger partial charge in [-0.25, -0.2) is 15.4 Å². The Morgan fingerprint density at radius 2 is 2.14 bits per heavy atom. The lowest BCUT2D eigenvalue weighted by Gasteiger charge is -2.26. The van der Waals surface area contributed by atoms with Gasteiger partial charge < -0.3 is 9.84 Å². The van der Waals surface area contributed by atoms with Crippen molar-refractivity contribution in [2.45, 2.75) is 13.5 Å². The molecule has 0 bridgehead atoms. The lowest BCUT2D eigenvalue weighted by molar-refractivity contribution is -0.384. The standard InChI is InChI=1S/C19H21N5O4/c1-2-22-23(12-14-5-3-4-6-19(14)28-8-7-25)17-10-16-15(11-20-13-21-16)9-18(17)24(26)27/h3-6,9-11,13,22,25H,2,7-8,12H2,1H3. The lowest BCUT2D eigenvalue weighted by Crippen LogP contribution is -2.38. The summed E-state index contributed by atoms with van der Waals surface area (Å²) in [6.07, 6.45) is 2.96. The Bertz CT molecular complexity index is 966. The van der Waals surface area contributed by atoms with Crippen LogP contribution in [-0.2, 0) is 6.54 Å². The number of rotatable bonds is 9. The molecule has 1 aromatic heterocycles. The average Bonchev–Trinajstić information content (AvgIpc) is 2.71. The quantitative estimate of drug-likeness (QED) is 0.428. The largest absolute Gasteiger partial charge is 0.491 e. The fourth-order valence-corrected chi connectivity index (χ4v) is 2.89. The maximum Gasteiger partial charge on any atom is 0.294 e. The molecule has 0 spiro atoms. The van der Waals surface area contributed by atoms with Crippen molar-refractivity contribution in [3.8, 4) is 5.75 Å². The molecule has 28 heavy (non-hydrogen) atoms. The number of nitrogens with one attached hydrogen (secondary N) is 1. The summed E-state index contributed by atoms with van der Waals surface area (Å²) < 4.78 is 5.59. The van der Waals surface area contributed by atoms with Crippen LogP contribution in [0.1, 0.15) is 12.5 Å². The zero-order chi connectivity index (χ0) is 19.9. The number of anilines is 1. The number of para-hydroxylation sites is 1. The number of ether oxygens (including phenoxy) is 1. The molecule has 3 aromatic rings. The van der Waals surface area contributed by atoms with Crippen molar-refractivity contribution in [3.63, 3.8) is 0 Å². The summed E-state index contributed by atoms with van der Waals surface area (Å²) in [5.74, 6) is 0.616. The van der Waals surface area contributed by atoms with E-state index in [1.165, 1.54) is 12.4 Å². The van der Waals surface area contributed by atoms with Crippen LogP contribution in [0.5, 0.6) is 5.75 Å². The second kappa shape index (κ2) is 9.07. The normalized spacial score (nSPS) is 10.8. The van der Waals surface area contributed by atoms with E-state index in [0.717, 1.165) is 5.56 Å². The summed E-state index contributed by atoms with van der Waals surface area (Å²) in [6.45, 7) is 2.88. The van der Waals surface area contributed by atoms with E-state index in [1.807, 2.05) is 25.1 Å². The first-order valence-electron chi connectivity index (χ1n) is 8.84. The van der Waals surface area contributed by atoms with E-state index < -0.39 is 4.92 Å². The third-order valence-electron chi connectivity index (χ3n) is 4.09. The van der Waals surface area contributed by atoms with Crippen LogP contribution in [0.4, 0.5) is 11.4 Å². The van der Waals surface area contributed by atoms with E-state index in [4.69, 9.17) is 9.84 Å². The Morgan fingerprint density at radius 1 is 1.32 bits per heavy atom. The van der Waals surface area contributed by atoms with Gasteiger partial charge in [0.1, 0.15) is 24.4 Å². The predicted octanol–water partition coefficient (Wildman–Crippen LogP) is 2.44. The summed E-state index contributed by atoms with van der Waals surface area (Å²) in [5.41, 5.74) is 4.97. The number of nitro groups is 1. The number of benzene rings is 2. The highest BCUT2D eigenvalue weighted by Gasteiger charge is 2.22. The summed E-state index contributed by atoms with van der Waals surface area (Å²) in [7, 11) is 0. The van der Waals surface area contributed by atoms with Crippen molar-refractivity contribution < 1.29 is 14.8 Å². The van der Waals surface area contributed by atoms with Crippen molar-refractivity contribution in [1.82, 2.24) is 15.4 Å². The number of aliphatic hydroxyl groups excluding tert-OH is 1. The Labute approximate surface area is 161 Å². The molecule has 0 aliphatic rings. The van der Waals surface area contributed by atoms with Crippen molar-refractivity contribution >= 4 is 22.3 Å². The van der Waals surface area contributed by atoms with Gasteiger partial charge in [0.25, 0.3) is 5.69 Å². The molecule has 0 saturated carbocycles. The third kappa shape index (κ3) is 4.33. The Kier molecular flexibility index (Phi) is 6.30. The Hall–Kier alpha value is -3.30. The molecule has 0 unspecified atom stereocenters. The molecule has 0 fully saturated rings. The van der Waals surface area contributed by atoms with Crippen molar-refractivity contribution in [2.75, 3.05) is 24.8 Å². The summed E-state index contributed by atoms with van der Waals surface area (Å²) in [6, 6.07) is 10.5. The predicted molar refractivity (Wildman–Crippen MR) is 105 cm³/mol. The van der Waals surface area contributed by atoms with E-state index in [0.29, 0.717) is 35.4 Å². The van der Waals surface area contributed by atoms with E-state index >= 15 is 0 Å². The molecule has 0 aliphatic heterocycles. The highest BCUT2D eigenvalue weighted by molar-refractivity contribution is 5.86. The number of aliphatic hydroxyl groups is 1. The van der Waals surface area contributed by atoms with Crippen LogP contribution in [-0.4, -0.2) is 39.8 Å². The molecule has 9 heteroatoms. The van der Waals surface area contributed by atoms with Gasteiger partial charge in [0.15, 0.2) is 0 Å². The molecule has 1 heterocycles. The molecule has 0 saturated heterocycles. The monoisotopic (exact) mass is 383 g/mol. The van der Waals surface area contributed by atoms with Gasteiger partial charge in [-0.1, -0.05) is 25.1 Å². The Balaban J connectivity index is 2.03. The second-order valence-corrected chi connectivity index (χ2v) is 5.96. The number of hydrazine groups is 1. The van der Waals surface area contributed by atoms with Crippen molar-refractivity contribution in [3.05, 3.63) is 64.6 Å². The zero-order valence-corrected chi connectivity index (χ0v) is 15.4. The van der Waals surface area contributed by atoms with Crippen LogP contribution < -0.4 is 15.2 Å². The number of hydrogen-bond donors (Lipinski definition) is 2. The van der Waals surface area contributed by atoms with E-state index in [9.17, 15) is 10.1 Å². The summed E-state index contributed by atoms with van der Waals surface area (Å²) >= 11 is 0. The van der Waals surface area contributed by atoms with E-state index in [1.54, 1.807) is 23.3 Å². The van der Waals surface area contributed by atoms with Gasteiger partial charge >= 0.3 is 0 Å². The zero-order valence-electron chi connectivity index (χ0n) is 15.4. The molecule has 0 atom stereocenters. The molecule has 2 aromatic carbocycles. The first-order chi connectivity index (χ1) is 13.6. The maximum absolute atomic E-state index is 11.7. The summed E-state index contributed by atoms with van der Waals surface area (Å²) in [5, 5.41) is 23.0. The van der Waals surface area contributed by atoms with Crippen molar-refractivity contribution in [1.29, 1.82) is 0 Å². The SMILES string of the molecule is CCNN(Cc1ccccc1OCCO)c1cc2ncncc2cc1[N+](=O)[O-]. The van der Waals surface area contributed by atoms with Gasteiger partial charge in [-0.3, -0.25) is 15.1 Å². The molecule has 0 aliphatic carbocycles. The highest BCUT2D eigenvalue weighted by atomic mass is 16.6. The topological polar surface area (TPSA) is 114 Å². The molecule has 146 valence electrons. The lowest BCUT2D eigenvalue weighted by atomic mass is 10.1. The van der Waals surface area contributed by atoms with Crippen LogP contribution in [0.15, 0.2) is 48.9 Å². The molecular formula is C19H21N5O4. The first kappa shape index (κ1) is 19.5. The minimum Gasteiger partial charge on any atom is -0.491 e. The molecule has 2 N–H and O–H groups in total.